The van der Waals surface area contributed by atoms with Crippen LogP contribution in [0.5, 0.6) is 0 Å². The van der Waals surface area contributed by atoms with Crippen molar-refractivity contribution in [2.75, 3.05) is 40.5 Å². The van der Waals surface area contributed by atoms with Crippen LogP contribution in [0.1, 0.15) is 226 Å². The lowest BCUT2D eigenvalue weighted by atomic mass is 10.0. The normalized spacial score (nSPS) is 12.9. The van der Waals surface area contributed by atoms with Gasteiger partial charge in [0, 0.05) is 19.6 Å². The first-order valence-electron chi connectivity index (χ1n) is 21.9. The summed E-state index contributed by atoms with van der Waals surface area (Å²) in [5.41, 5.74) is 0. The molecule has 0 aliphatic carbocycles. The van der Waals surface area contributed by atoms with E-state index in [1.807, 2.05) is 0 Å². The number of quaternary nitrogens is 1. The standard InChI is InChI=1S/C43H89NO4.ClH/c1-5-7-9-11-13-15-17-19-21-23-25-27-29-31-33-35-37-46-41-43(39-42(48-45)40-44(3)4)47-38-36-34-32-30-28-26-24-22-20-18-16-14-12-10-8-6-2;/h42-43,45H,5-41H2,1-4H3;1H. The Morgan fingerprint density at radius 2 is 0.735 bits per heavy atom. The van der Waals surface area contributed by atoms with Crippen molar-refractivity contribution >= 4 is 0 Å². The molecule has 2 N–H and O–H groups in total. The Morgan fingerprint density at radius 3 is 1.04 bits per heavy atom. The van der Waals surface area contributed by atoms with Gasteiger partial charge in [-0.3, -0.25) is 5.26 Å². The zero-order chi connectivity index (χ0) is 35.0. The molecule has 0 aromatic rings. The molecule has 0 bridgehead atoms. The maximum Gasteiger partial charge on any atom is 0.144 e. The second-order valence-electron chi connectivity index (χ2n) is 15.5. The minimum Gasteiger partial charge on any atom is -1.00 e. The molecule has 0 saturated carbocycles. The van der Waals surface area contributed by atoms with Crippen molar-refractivity contribution in [3.8, 4) is 0 Å². The first-order chi connectivity index (χ1) is 23.6. The van der Waals surface area contributed by atoms with Gasteiger partial charge in [0.05, 0.1) is 26.8 Å². The predicted octanol–water partition coefficient (Wildman–Crippen LogP) is 9.31. The van der Waals surface area contributed by atoms with Crippen molar-refractivity contribution in [2.24, 2.45) is 0 Å². The number of ether oxygens (including phenoxy) is 2. The van der Waals surface area contributed by atoms with Gasteiger partial charge in [0.15, 0.2) is 0 Å². The van der Waals surface area contributed by atoms with Gasteiger partial charge in [-0.15, -0.1) is 0 Å². The number of unbranched alkanes of at least 4 members (excludes halogenated alkanes) is 30. The average molecular weight is 721 g/mol. The van der Waals surface area contributed by atoms with E-state index in [0.717, 1.165) is 32.6 Å². The van der Waals surface area contributed by atoms with Crippen LogP contribution in [0, 0.1) is 0 Å². The number of halogens is 1. The zero-order valence-corrected chi connectivity index (χ0v) is 34.6. The zero-order valence-electron chi connectivity index (χ0n) is 33.9. The lowest BCUT2D eigenvalue weighted by Gasteiger charge is -2.23. The van der Waals surface area contributed by atoms with Crippen molar-refractivity contribution in [3.63, 3.8) is 0 Å². The first kappa shape index (κ1) is 51.2. The summed E-state index contributed by atoms with van der Waals surface area (Å²) >= 11 is 0. The topological polar surface area (TPSA) is 52.4 Å². The second-order valence-corrected chi connectivity index (χ2v) is 15.5. The summed E-state index contributed by atoms with van der Waals surface area (Å²) in [6.07, 6.45) is 44.7. The van der Waals surface area contributed by atoms with Crippen LogP contribution in [-0.2, 0) is 14.4 Å². The van der Waals surface area contributed by atoms with E-state index < -0.39 is 0 Å². The quantitative estimate of drug-likeness (QED) is 0.0375. The fourth-order valence-corrected chi connectivity index (χ4v) is 6.96. The molecule has 0 spiro atoms. The summed E-state index contributed by atoms with van der Waals surface area (Å²) < 4.78 is 12.4. The molecule has 0 aromatic carbocycles. The molecule has 6 heteroatoms. The van der Waals surface area contributed by atoms with Crippen LogP contribution in [0.25, 0.3) is 0 Å². The van der Waals surface area contributed by atoms with E-state index in [4.69, 9.17) is 14.4 Å². The molecule has 0 heterocycles. The van der Waals surface area contributed by atoms with Gasteiger partial charge in [-0.05, 0) is 12.8 Å². The van der Waals surface area contributed by atoms with E-state index >= 15 is 0 Å². The van der Waals surface area contributed by atoms with E-state index in [9.17, 15) is 5.26 Å². The van der Waals surface area contributed by atoms with Gasteiger partial charge in [-0.1, -0.05) is 206 Å². The van der Waals surface area contributed by atoms with Gasteiger partial charge < -0.3 is 26.8 Å². The molecule has 0 aliphatic heterocycles. The molecule has 0 aliphatic rings. The Hall–Kier alpha value is 0.0900. The minimum absolute atomic E-state index is 0. The highest BCUT2D eigenvalue weighted by Gasteiger charge is 2.21. The van der Waals surface area contributed by atoms with Gasteiger partial charge in [0.1, 0.15) is 12.6 Å². The highest BCUT2D eigenvalue weighted by atomic mass is 35.5. The maximum atomic E-state index is 9.46. The van der Waals surface area contributed by atoms with Crippen LogP contribution >= 0.6 is 0 Å². The first-order valence-corrected chi connectivity index (χ1v) is 21.9. The summed E-state index contributed by atoms with van der Waals surface area (Å²) in [6.45, 7) is 7.53. The molecule has 0 saturated heterocycles. The molecular formula is C43H90ClNO4. The average Bonchev–Trinajstić information content (AvgIpc) is 3.08. The van der Waals surface area contributed by atoms with E-state index in [1.165, 1.54) is 198 Å². The summed E-state index contributed by atoms with van der Waals surface area (Å²) in [6, 6.07) is 0. The molecule has 0 fully saturated rings. The van der Waals surface area contributed by atoms with Gasteiger partial charge in [0.2, 0.25) is 0 Å². The van der Waals surface area contributed by atoms with Crippen LogP contribution in [0.2, 0.25) is 0 Å². The number of hydrogen-bond donors (Lipinski definition) is 2. The van der Waals surface area contributed by atoms with Crippen LogP contribution in [0.3, 0.4) is 0 Å². The van der Waals surface area contributed by atoms with Crippen LogP contribution in [-0.4, -0.2) is 57.9 Å². The number of likely N-dealkylation sites (N-methyl/N-ethyl adjacent to an activating group) is 1. The summed E-state index contributed by atoms with van der Waals surface area (Å²) in [5, 5.41) is 9.46. The summed E-state index contributed by atoms with van der Waals surface area (Å²) in [4.78, 5) is 6.08. The summed E-state index contributed by atoms with van der Waals surface area (Å²) in [5.74, 6) is 0. The molecule has 2 atom stereocenters. The third-order valence-electron chi connectivity index (χ3n) is 10.1. The molecule has 0 aromatic heterocycles. The van der Waals surface area contributed by atoms with Crippen molar-refractivity contribution in [1.82, 2.24) is 0 Å². The molecule has 49 heavy (non-hydrogen) atoms. The number of nitrogens with one attached hydrogen (secondary N) is 1. The van der Waals surface area contributed by atoms with Crippen molar-refractivity contribution in [2.45, 2.75) is 238 Å². The van der Waals surface area contributed by atoms with Gasteiger partial charge >= 0.3 is 0 Å². The smallest absolute Gasteiger partial charge is 0.144 e. The molecule has 0 rings (SSSR count). The Bertz CT molecular complexity index is 582. The molecule has 0 amide bonds. The second kappa shape index (κ2) is 44.3. The van der Waals surface area contributed by atoms with Crippen molar-refractivity contribution in [1.29, 1.82) is 0 Å². The van der Waals surface area contributed by atoms with E-state index in [-0.39, 0.29) is 24.6 Å². The Kier molecular flexibility index (Phi) is 46.2. The van der Waals surface area contributed by atoms with Gasteiger partial charge in [-0.25, -0.2) is 4.89 Å². The highest BCUT2D eigenvalue weighted by molar-refractivity contribution is 4.65. The SMILES string of the molecule is CCCCCCCCCCCCCCCCCCOCC(CC(C[NH+](C)C)OO)OCCCCCCCCCCCCCCCCCC.[Cl-]. The van der Waals surface area contributed by atoms with E-state index in [1.54, 1.807) is 0 Å². The third-order valence-corrected chi connectivity index (χ3v) is 10.1. The lowest BCUT2D eigenvalue weighted by molar-refractivity contribution is -0.863. The molecular weight excluding hydrogens is 630 g/mol. The van der Waals surface area contributed by atoms with Crippen LogP contribution in [0.15, 0.2) is 0 Å². The number of hydrogen-bond acceptors (Lipinski definition) is 4. The van der Waals surface area contributed by atoms with Crippen molar-refractivity contribution < 1.29 is 36.9 Å². The summed E-state index contributed by atoms with van der Waals surface area (Å²) in [7, 11) is 4.18. The fraction of sp³-hybridized carbons (Fsp3) is 1.00. The lowest BCUT2D eigenvalue weighted by Crippen LogP contribution is -3.07. The molecule has 2 unspecified atom stereocenters. The van der Waals surface area contributed by atoms with Gasteiger partial charge in [0.25, 0.3) is 0 Å². The van der Waals surface area contributed by atoms with Crippen LogP contribution in [0.4, 0.5) is 0 Å². The molecule has 5 nitrogen and oxygen atoms in total. The van der Waals surface area contributed by atoms with E-state index in [2.05, 4.69) is 27.9 Å². The monoisotopic (exact) mass is 720 g/mol. The van der Waals surface area contributed by atoms with Crippen LogP contribution < -0.4 is 17.3 Å². The minimum atomic E-state index is -0.218. The molecule has 298 valence electrons. The largest absolute Gasteiger partial charge is 1.00 e. The third kappa shape index (κ3) is 42.4. The fourth-order valence-electron chi connectivity index (χ4n) is 6.96. The predicted molar refractivity (Wildman–Crippen MR) is 209 cm³/mol. The Balaban J connectivity index is 0. The van der Waals surface area contributed by atoms with Crippen molar-refractivity contribution in [3.05, 3.63) is 0 Å². The maximum absolute atomic E-state index is 9.46. The van der Waals surface area contributed by atoms with E-state index in [0.29, 0.717) is 13.0 Å². The number of rotatable bonds is 42. The highest BCUT2D eigenvalue weighted by Crippen LogP contribution is 2.16. The van der Waals surface area contributed by atoms with Gasteiger partial charge in [-0.2, -0.15) is 0 Å². The Morgan fingerprint density at radius 1 is 0.429 bits per heavy atom. The Labute approximate surface area is 314 Å². The molecule has 0 radical (unpaired) electrons.